The van der Waals surface area contributed by atoms with E-state index < -0.39 is 0 Å². The van der Waals surface area contributed by atoms with Crippen molar-refractivity contribution in [3.8, 4) is 17.2 Å². The van der Waals surface area contributed by atoms with Crippen molar-refractivity contribution in [1.82, 2.24) is 5.32 Å². The van der Waals surface area contributed by atoms with Crippen molar-refractivity contribution in [3.05, 3.63) is 47.5 Å². The van der Waals surface area contributed by atoms with Gasteiger partial charge in [0.2, 0.25) is 11.7 Å². The van der Waals surface area contributed by atoms with E-state index in [2.05, 4.69) is 10.6 Å². The second-order valence-corrected chi connectivity index (χ2v) is 6.05. The van der Waals surface area contributed by atoms with Crippen LogP contribution >= 0.6 is 0 Å². The summed E-state index contributed by atoms with van der Waals surface area (Å²) in [6.45, 7) is 0.937. The van der Waals surface area contributed by atoms with Gasteiger partial charge in [-0.15, -0.1) is 0 Å². The zero-order chi connectivity index (χ0) is 21.2. The molecule has 0 fully saturated rings. The van der Waals surface area contributed by atoms with E-state index in [1.807, 2.05) is 0 Å². The summed E-state index contributed by atoms with van der Waals surface area (Å²) in [5.74, 6) is 0.655. The summed E-state index contributed by atoms with van der Waals surface area (Å²) in [4.78, 5) is 24.6. The number of nitrogens with one attached hydrogen (secondary N) is 2. The molecule has 0 aliphatic rings. The summed E-state index contributed by atoms with van der Waals surface area (Å²) in [6, 6.07) is 10.3. The second-order valence-electron chi connectivity index (χ2n) is 6.05. The predicted molar refractivity (Wildman–Crippen MR) is 109 cm³/mol. The maximum absolute atomic E-state index is 12.7. The summed E-state index contributed by atoms with van der Waals surface area (Å²) < 4.78 is 20.8. The van der Waals surface area contributed by atoms with E-state index in [1.165, 1.54) is 21.3 Å². The fraction of sp³-hybridized carbons (Fsp3) is 0.333. The zero-order valence-corrected chi connectivity index (χ0v) is 17.0. The summed E-state index contributed by atoms with van der Waals surface area (Å²) >= 11 is 0. The van der Waals surface area contributed by atoms with Gasteiger partial charge in [0, 0.05) is 19.3 Å². The highest BCUT2D eigenvalue weighted by molar-refractivity contribution is 6.07. The van der Waals surface area contributed by atoms with Crippen LogP contribution in [-0.2, 0) is 16.0 Å². The maximum atomic E-state index is 12.7. The van der Waals surface area contributed by atoms with Gasteiger partial charge in [-0.05, 0) is 29.8 Å². The van der Waals surface area contributed by atoms with Crippen LogP contribution in [0.3, 0.4) is 0 Å². The molecular formula is C21H26N2O6. The van der Waals surface area contributed by atoms with Crippen molar-refractivity contribution in [1.29, 1.82) is 0 Å². The number of methoxy groups -OCH3 is 4. The van der Waals surface area contributed by atoms with Crippen LogP contribution in [0.1, 0.15) is 15.9 Å². The molecule has 0 saturated heterocycles. The highest BCUT2D eigenvalue weighted by atomic mass is 16.5. The fourth-order valence-electron chi connectivity index (χ4n) is 2.72. The summed E-state index contributed by atoms with van der Waals surface area (Å²) in [5.41, 5.74) is 1.74. The van der Waals surface area contributed by atoms with E-state index in [9.17, 15) is 9.59 Å². The van der Waals surface area contributed by atoms with Gasteiger partial charge in [-0.25, -0.2) is 0 Å². The van der Waals surface area contributed by atoms with E-state index in [-0.39, 0.29) is 24.0 Å². The normalized spacial score (nSPS) is 10.2. The summed E-state index contributed by atoms with van der Waals surface area (Å²) in [7, 11) is 6.03. The summed E-state index contributed by atoms with van der Waals surface area (Å²) in [6.07, 6.45) is 0.251. The summed E-state index contributed by atoms with van der Waals surface area (Å²) in [5, 5.41) is 5.58. The van der Waals surface area contributed by atoms with Gasteiger partial charge in [-0.1, -0.05) is 12.1 Å². The first-order valence-electron chi connectivity index (χ1n) is 8.99. The lowest BCUT2D eigenvalue weighted by Gasteiger charge is -2.15. The Balaban J connectivity index is 2.07. The number of rotatable bonds is 10. The Hall–Kier alpha value is -3.26. The Morgan fingerprint density at radius 2 is 1.55 bits per heavy atom. The Kier molecular flexibility index (Phi) is 8.29. The van der Waals surface area contributed by atoms with Crippen molar-refractivity contribution in [3.63, 3.8) is 0 Å². The number of benzene rings is 2. The van der Waals surface area contributed by atoms with Gasteiger partial charge in [0.1, 0.15) is 0 Å². The van der Waals surface area contributed by atoms with Gasteiger partial charge in [-0.2, -0.15) is 0 Å². The van der Waals surface area contributed by atoms with E-state index in [0.717, 1.165) is 5.56 Å². The van der Waals surface area contributed by atoms with Crippen LogP contribution < -0.4 is 24.8 Å². The first-order chi connectivity index (χ1) is 14.0. The molecule has 0 unspecified atom stereocenters. The van der Waals surface area contributed by atoms with E-state index in [4.69, 9.17) is 18.9 Å². The molecule has 0 atom stereocenters. The molecule has 2 N–H and O–H groups in total. The van der Waals surface area contributed by atoms with Gasteiger partial charge in [0.25, 0.3) is 5.91 Å². The number of carbonyl (C=O) groups excluding carboxylic acids is 2. The first-order valence-corrected chi connectivity index (χ1v) is 8.99. The van der Waals surface area contributed by atoms with Crippen LogP contribution in [0, 0.1) is 0 Å². The molecule has 8 heteroatoms. The molecule has 0 radical (unpaired) electrons. The Morgan fingerprint density at radius 3 is 2.14 bits per heavy atom. The molecule has 0 aliphatic heterocycles. The van der Waals surface area contributed by atoms with E-state index >= 15 is 0 Å². The molecule has 0 aliphatic carbocycles. The van der Waals surface area contributed by atoms with Gasteiger partial charge in [0.15, 0.2) is 11.5 Å². The lowest BCUT2D eigenvalue weighted by Crippen LogP contribution is -2.28. The maximum Gasteiger partial charge on any atom is 0.259 e. The van der Waals surface area contributed by atoms with Crippen LogP contribution in [-0.4, -0.2) is 53.4 Å². The second kappa shape index (κ2) is 10.9. The molecule has 29 heavy (non-hydrogen) atoms. The Morgan fingerprint density at radius 1 is 0.862 bits per heavy atom. The number of carbonyl (C=O) groups is 2. The van der Waals surface area contributed by atoms with Crippen LogP contribution in [0.25, 0.3) is 0 Å². The molecule has 2 aromatic rings. The molecule has 0 bridgehead atoms. The van der Waals surface area contributed by atoms with Crippen molar-refractivity contribution in [2.45, 2.75) is 6.42 Å². The average Bonchev–Trinajstić information content (AvgIpc) is 2.73. The van der Waals surface area contributed by atoms with E-state index in [0.29, 0.717) is 35.9 Å². The Bertz CT molecular complexity index is 836. The van der Waals surface area contributed by atoms with Crippen LogP contribution in [0.2, 0.25) is 0 Å². The molecule has 0 spiro atoms. The predicted octanol–water partition coefficient (Wildman–Crippen LogP) is 2.27. The minimum atomic E-state index is -0.354. The first kappa shape index (κ1) is 22.0. The number of hydrogen-bond donors (Lipinski definition) is 2. The topological polar surface area (TPSA) is 95.1 Å². The molecule has 2 aromatic carbocycles. The van der Waals surface area contributed by atoms with Crippen molar-refractivity contribution >= 4 is 17.5 Å². The smallest absolute Gasteiger partial charge is 0.259 e. The van der Waals surface area contributed by atoms with Gasteiger partial charge in [0.05, 0.1) is 39.9 Å². The number of ether oxygens (including phenoxy) is 4. The van der Waals surface area contributed by atoms with Gasteiger partial charge in [-0.3, -0.25) is 9.59 Å². The highest BCUT2D eigenvalue weighted by Crippen LogP contribution is 2.39. The minimum absolute atomic E-state index is 0.0890. The quantitative estimate of drug-likeness (QED) is 0.592. The lowest BCUT2D eigenvalue weighted by molar-refractivity contribution is -0.120. The molecule has 8 nitrogen and oxygen atoms in total. The lowest BCUT2D eigenvalue weighted by atomic mass is 10.1. The molecular weight excluding hydrogens is 376 g/mol. The van der Waals surface area contributed by atoms with Crippen molar-refractivity contribution in [2.24, 2.45) is 0 Å². The van der Waals surface area contributed by atoms with Crippen LogP contribution in [0.15, 0.2) is 36.4 Å². The van der Waals surface area contributed by atoms with Gasteiger partial charge < -0.3 is 29.6 Å². The third-order valence-corrected chi connectivity index (χ3v) is 4.15. The van der Waals surface area contributed by atoms with Crippen molar-refractivity contribution < 1.29 is 28.5 Å². The molecule has 2 rings (SSSR count). The molecule has 0 heterocycles. The zero-order valence-electron chi connectivity index (χ0n) is 17.0. The third-order valence-electron chi connectivity index (χ3n) is 4.15. The number of amides is 2. The van der Waals surface area contributed by atoms with Crippen LogP contribution in [0.5, 0.6) is 17.2 Å². The van der Waals surface area contributed by atoms with E-state index in [1.54, 1.807) is 43.5 Å². The third kappa shape index (κ3) is 5.86. The number of anilines is 1. The fourth-order valence-corrected chi connectivity index (χ4v) is 2.72. The standard InChI is InChI=1S/C21H26N2O6/c1-26-12-11-22-18(24)13-14-5-7-15(8-6-14)23-21(25)16-9-10-17(27-2)20(29-4)19(16)28-3/h5-10H,11-13H2,1-4H3,(H,22,24)(H,23,25). The molecule has 156 valence electrons. The average molecular weight is 402 g/mol. The number of hydrogen-bond acceptors (Lipinski definition) is 6. The largest absolute Gasteiger partial charge is 0.493 e. The minimum Gasteiger partial charge on any atom is -0.493 e. The highest BCUT2D eigenvalue weighted by Gasteiger charge is 2.20. The monoisotopic (exact) mass is 402 g/mol. The van der Waals surface area contributed by atoms with Crippen molar-refractivity contribution in [2.75, 3.05) is 46.9 Å². The SMILES string of the molecule is COCCNC(=O)Cc1ccc(NC(=O)c2ccc(OC)c(OC)c2OC)cc1. The van der Waals surface area contributed by atoms with Gasteiger partial charge >= 0.3 is 0 Å². The molecule has 0 aromatic heterocycles. The molecule has 2 amide bonds. The Labute approximate surface area is 170 Å². The molecule has 0 saturated carbocycles. The van der Waals surface area contributed by atoms with Crippen LogP contribution in [0.4, 0.5) is 5.69 Å².